The number of aromatic nitrogens is 3. The summed E-state index contributed by atoms with van der Waals surface area (Å²) in [6, 6.07) is 9.79. The lowest BCUT2D eigenvalue weighted by Gasteiger charge is -2.09. The molecule has 3 rings (SSSR count). The SMILES string of the molecule is Cc1nc(CNc2c(C#N)cnc3ccccc23)no1. The van der Waals surface area contributed by atoms with Gasteiger partial charge >= 0.3 is 0 Å². The lowest BCUT2D eigenvalue weighted by Crippen LogP contribution is -2.04. The second-order valence-electron chi connectivity index (χ2n) is 4.26. The Bertz CT molecular complexity index is 803. The lowest BCUT2D eigenvalue weighted by molar-refractivity contribution is 0.388. The number of rotatable bonds is 3. The van der Waals surface area contributed by atoms with Crippen molar-refractivity contribution in [1.82, 2.24) is 15.1 Å². The summed E-state index contributed by atoms with van der Waals surface area (Å²) in [5.74, 6) is 1.06. The Morgan fingerprint density at radius 2 is 2.20 bits per heavy atom. The molecule has 0 bridgehead atoms. The molecular weight excluding hydrogens is 254 g/mol. The number of fused-ring (bicyclic) bond motifs is 1. The first-order valence-electron chi connectivity index (χ1n) is 6.09. The van der Waals surface area contributed by atoms with E-state index in [1.54, 1.807) is 13.1 Å². The number of nitriles is 1. The minimum atomic E-state index is 0.389. The van der Waals surface area contributed by atoms with Gasteiger partial charge in [0.15, 0.2) is 5.82 Å². The van der Waals surface area contributed by atoms with Crippen molar-refractivity contribution in [1.29, 1.82) is 5.26 Å². The van der Waals surface area contributed by atoms with Crippen LogP contribution in [0.5, 0.6) is 0 Å². The third-order valence-corrected chi connectivity index (χ3v) is 2.89. The third-order valence-electron chi connectivity index (χ3n) is 2.89. The molecule has 0 saturated carbocycles. The fourth-order valence-corrected chi connectivity index (χ4v) is 2.00. The number of aryl methyl sites for hydroxylation is 1. The van der Waals surface area contributed by atoms with E-state index in [1.165, 1.54) is 0 Å². The van der Waals surface area contributed by atoms with E-state index in [-0.39, 0.29) is 0 Å². The maximum absolute atomic E-state index is 9.20. The first-order valence-corrected chi connectivity index (χ1v) is 6.09. The second kappa shape index (κ2) is 4.97. The summed E-state index contributed by atoms with van der Waals surface area (Å²) >= 11 is 0. The van der Waals surface area contributed by atoms with Gasteiger partial charge in [-0.15, -0.1) is 0 Å². The molecule has 6 nitrogen and oxygen atoms in total. The quantitative estimate of drug-likeness (QED) is 0.782. The van der Waals surface area contributed by atoms with E-state index in [2.05, 4.69) is 26.5 Å². The zero-order chi connectivity index (χ0) is 13.9. The number of nitrogens with zero attached hydrogens (tertiary/aromatic N) is 4. The smallest absolute Gasteiger partial charge is 0.223 e. The van der Waals surface area contributed by atoms with Gasteiger partial charge in [-0.05, 0) is 6.07 Å². The van der Waals surface area contributed by atoms with E-state index < -0.39 is 0 Å². The van der Waals surface area contributed by atoms with Gasteiger partial charge in [-0.3, -0.25) is 4.98 Å². The Morgan fingerprint density at radius 3 is 2.95 bits per heavy atom. The summed E-state index contributed by atoms with van der Waals surface area (Å²) in [7, 11) is 0. The molecule has 2 heterocycles. The largest absolute Gasteiger partial charge is 0.376 e. The van der Waals surface area contributed by atoms with Crippen molar-refractivity contribution in [3.05, 3.63) is 47.7 Å². The molecule has 0 aliphatic rings. The van der Waals surface area contributed by atoms with Crippen LogP contribution in [0.1, 0.15) is 17.3 Å². The minimum Gasteiger partial charge on any atom is -0.376 e. The first-order chi connectivity index (χ1) is 9.78. The molecule has 1 N–H and O–H groups in total. The van der Waals surface area contributed by atoms with Crippen molar-refractivity contribution in [3.8, 4) is 6.07 Å². The van der Waals surface area contributed by atoms with Crippen molar-refractivity contribution in [2.45, 2.75) is 13.5 Å². The summed E-state index contributed by atoms with van der Waals surface area (Å²) in [6.07, 6.45) is 1.56. The predicted octanol–water partition coefficient (Wildman–Crippen LogP) is 2.41. The summed E-state index contributed by atoms with van der Waals surface area (Å²) in [4.78, 5) is 8.38. The van der Waals surface area contributed by atoms with Crippen LogP contribution in [0.4, 0.5) is 5.69 Å². The third kappa shape index (κ3) is 2.17. The van der Waals surface area contributed by atoms with Crippen LogP contribution in [-0.4, -0.2) is 15.1 Å². The van der Waals surface area contributed by atoms with Crippen LogP contribution >= 0.6 is 0 Å². The Morgan fingerprint density at radius 1 is 1.35 bits per heavy atom. The molecule has 0 atom stereocenters. The molecule has 0 amide bonds. The number of hydrogen-bond acceptors (Lipinski definition) is 6. The van der Waals surface area contributed by atoms with E-state index >= 15 is 0 Å². The van der Waals surface area contributed by atoms with Crippen LogP contribution < -0.4 is 5.32 Å². The van der Waals surface area contributed by atoms with Crippen molar-refractivity contribution in [2.24, 2.45) is 0 Å². The molecule has 0 spiro atoms. The zero-order valence-electron chi connectivity index (χ0n) is 10.8. The van der Waals surface area contributed by atoms with Gasteiger partial charge in [0.1, 0.15) is 6.07 Å². The Labute approximate surface area is 115 Å². The summed E-state index contributed by atoms with van der Waals surface area (Å²) in [6.45, 7) is 2.12. The molecule has 1 aromatic carbocycles. The Hall–Kier alpha value is -2.94. The standard InChI is InChI=1S/C14H11N5O/c1-9-18-13(19-20-9)8-17-14-10(6-15)7-16-12-5-3-2-4-11(12)14/h2-5,7H,8H2,1H3,(H,16,17). The predicted molar refractivity (Wildman–Crippen MR) is 72.8 cm³/mol. The fourth-order valence-electron chi connectivity index (χ4n) is 2.00. The lowest BCUT2D eigenvalue weighted by atomic mass is 10.1. The van der Waals surface area contributed by atoms with Gasteiger partial charge in [-0.25, -0.2) is 0 Å². The molecule has 0 unspecified atom stereocenters. The monoisotopic (exact) mass is 265 g/mol. The van der Waals surface area contributed by atoms with Crippen LogP contribution in [0.2, 0.25) is 0 Å². The molecule has 6 heteroatoms. The fraction of sp³-hybridized carbons (Fsp3) is 0.143. The highest BCUT2D eigenvalue weighted by Gasteiger charge is 2.09. The highest BCUT2D eigenvalue weighted by molar-refractivity contribution is 5.93. The van der Waals surface area contributed by atoms with Crippen LogP contribution in [0.3, 0.4) is 0 Å². The molecule has 98 valence electrons. The van der Waals surface area contributed by atoms with Gasteiger partial charge in [0.2, 0.25) is 5.89 Å². The van der Waals surface area contributed by atoms with Gasteiger partial charge in [0.05, 0.1) is 23.3 Å². The molecule has 20 heavy (non-hydrogen) atoms. The van der Waals surface area contributed by atoms with Crippen LogP contribution in [0, 0.1) is 18.3 Å². The van der Waals surface area contributed by atoms with Crippen LogP contribution in [0.25, 0.3) is 10.9 Å². The Balaban J connectivity index is 1.98. The van der Waals surface area contributed by atoms with E-state index in [9.17, 15) is 5.26 Å². The summed E-state index contributed by atoms with van der Waals surface area (Å²) in [5, 5.41) is 17.1. The van der Waals surface area contributed by atoms with E-state index in [0.29, 0.717) is 23.8 Å². The molecule has 0 fully saturated rings. The molecular formula is C14H11N5O. The highest BCUT2D eigenvalue weighted by Crippen LogP contribution is 2.25. The second-order valence-corrected chi connectivity index (χ2v) is 4.26. The van der Waals surface area contributed by atoms with Crippen LogP contribution in [0.15, 0.2) is 35.0 Å². The number of para-hydroxylation sites is 1. The molecule has 0 radical (unpaired) electrons. The normalized spacial score (nSPS) is 10.4. The summed E-state index contributed by atoms with van der Waals surface area (Å²) < 4.78 is 4.92. The van der Waals surface area contributed by atoms with Crippen LogP contribution in [-0.2, 0) is 6.54 Å². The van der Waals surface area contributed by atoms with Crippen molar-refractivity contribution < 1.29 is 4.52 Å². The van der Waals surface area contributed by atoms with Gasteiger partial charge in [-0.2, -0.15) is 10.2 Å². The first kappa shape index (κ1) is 12.1. The molecule has 0 aliphatic carbocycles. The van der Waals surface area contributed by atoms with Gasteiger partial charge in [0, 0.05) is 18.5 Å². The zero-order valence-corrected chi connectivity index (χ0v) is 10.8. The maximum Gasteiger partial charge on any atom is 0.223 e. The minimum absolute atomic E-state index is 0.389. The van der Waals surface area contributed by atoms with Gasteiger partial charge in [-0.1, -0.05) is 23.4 Å². The van der Waals surface area contributed by atoms with E-state index in [4.69, 9.17) is 4.52 Å². The number of benzene rings is 1. The topological polar surface area (TPSA) is 87.6 Å². The molecule has 2 aromatic heterocycles. The molecule has 0 aliphatic heterocycles. The van der Waals surface area contributed by atoms with Crippen molar-refractivity contribution in [3.63, 3.8) is 0 Å². The number of nitrogens with one attached hydrogen (secondary N) is 1. The summed E-state index contributed by atoms with van der Waals surface area (Å²) in [5.41, 5.74) is 2.06. The van der Waals surface area contributed by atoms with E-state index in [0.717, 1.165) is 16.6 Å². The molecule has 3 aromatic rings. The van der Waals surface area contributed by atoms with Crippen molar-refractivity contribution in [2.75, 3.05) is 5.32 Å². The van der Waals surface area contributed by atoms with Gasteiger partial charge in [0.25, 0.3) is 0 Å². The number of pyridine rings is 1. The highest BCUT2D eigenvalue weighted by atomic mass is 16.5. The van der Waals surface area contributed by atoms with Crippen molar-refractivity contribution >= 4 is 16.6 Å². The van der Waals surface area contributed by atoms with Gasteiger partial charge < -0.3 is 9.84 Å². The average molecular weight is 265 g/mol. The Kier molecular flexibility index (Phi) is 3.01. The maximum atomic E-state index is 9.20. The molecule has 0 saturated heterocycles. The average Bonchev–Trinajstić information content (AvgIpc) is 2.90. The number of hydrogen-bond donors (Lipinski definition) is 1. The number of anilines is 1. The van der Waals surface area contributed by atoms with E-state index in [1.807, 2.05) is 24.3 Å².